The molecule has 4 N–H and O–H groups in total. The Hall–Kier alpha value is -1.40. The summed E-state index contributed by atoms with van der Waals surface area (Å²) in [5, 5.41) is 11.8. The van der Waals surface area contributed by atoms with Crippen molar-refractivity contribution >= 4 is 45.9 Å². The topological polar surface area (TPSA) is 117 Å². The third-order valence-corrected chi connectivity index (χ3v) is 6.91. The van der Waals surface area contributed by atoms with Gasteiger partial charge in [0.05, 0.1) is 4.90 Å². The molecule has 1 saturated carbocycles. The molecular formula is C21H34IN5O3S. The third-order valence-electron chi connectivity index (χ3n) is 5.98. The average Bonchev–Trinajstić information content (AvgIpc) is 3.21. The molecular weight excluding hydrogens is 529 g/mol. The summed E-state index contributed by atoms with van der Waals surface area (Å²) in [4.78, 5) is 19.1. The van der Waals surface area contributed by atoms with Crippen molar-refractivity contribution in [3.63, 3.8) is 0 Å². The van der Waals surface area contributed by atoms with Crippen LogP contribution in [0.1, 0.15) is 44.1 Å². The lowest BCUT2D eigenvalue weighted by Crippen LogP contribution is -2.46. The van der Waals surface area contributed by atoms with Crippen LogP contribution in [0, 0.1) is 5.92 Å². The van der Waals surface area contributed by atoms with Gasteiger partial charge in [0.2, 0.25) is 15.9 Å². The van der Waals surface area contributed by atoms with E-state index in [0.29, 0.717) is 18.4 Å². The second-order valence-corrected chi connectivity index (χ2v) is 9.75. The second-order valence-electron chi connectivity index (χ2n) is 8.19. The molecule has 8 nitrogen and oxygen atoms in total. The molecule has 1 atom stereocenters. The van der Waals surface area contributed by atoms with Crippen molar-refractivity contribution in [3.8, 4) is 0 Å². The van der Waals surface area contributed by atoms with Crippen LogP contribution in [0.15, 0.2) is 34.2 Å². The number of hydrogen-bond donors (Lipinski definition) is 3. The lowest BCUT2D eigenvalue weighted by Gasteiger charge is -2.26. The van der Waals surface area contributed by atoms with E-state index in [-0.39, 0.29) is 40.8 Å². The smallest absolute Gasteiger partial charge is 0.238 e. The van der Waals surface area contributed by atoms with E-state index < -0.39 is 10.0 Å². The number of nitrogens with zero attached hydrogens (tertiary/aromatic N) is 2. The van der Waals surface area contributed by atoms with Crippen molar-refractivity contribution in [2.45, 2.75) is 55.9 Å². The molecule has 1 amide bonds. The standard InChI is InChI=1S/C21H33N5O3S.HI/c1-23-21(24-13-11-16-7-9-19(10-8-16)30(22,28)29)25-18-12-14-26(15-18)20(27)17-5-3-2-4-6-17;/h7-10,17-18H,2-6,11-15H2,1H3,(H2,22,28,29)(H2,23,24,25);1H. The highest BCUT2D eigenvalue weighted by atomic mass is 127. The summed E-state index contributed by atoms with van der Waals surface area (Å²) in [5.74, 6) is 1.26. The van der Waals surface area contributed by atoms with Crippen molar-refractivity contribution < 1.29 is 13.2 Å². The number of nitrogens with one attached hydrogen (secondary N) is 2. The van der Waals surface area contributed by atoms with Crippen LogP contribution in [0.3, 0.4) is 0 Å². The molecule has 1 saturated heterocycles. The van der Waals surface area contributed by atoms with Gasteiger partial charge in [-0.3, -0.25) is 9.79 Å². The first-order valence-electron chi connectivity index (χ1n) is 10.7. The number of amides is 1. The summed E-state index contributed by atoms with van der Waals surface area (Å²) in [7, 11) is -1.93. The third kappa shape index (κ3) is 7.60. The van der Waals surface area contributed by atoms with Crippen molar-refractivity contribution in [1.82, 2.24) is 15.5 Å². The van der Waals surface area contributed by atoms with E-state index in [0.717, 1.165) is 44.3 Å². The van der Waals surface area contributed by atoms with Gasteiger partial charge in [0.15, 0.2) is 5.96 Å². The number of likely N-dealkylation sites (tertiary alicyclic amines) is 1. The summed E-state index contributed by atoms with van der Waals surface area (Å²) in [5.41, 5.74) is 1.01. The zero-order chi connectivity index (χ0) is 21.6. The van der Waals surface area contributed by atoms with Gasteiger partial charge in [-0.05, 0) is 43.4 Å². The van der Waals surface area contributed by atoms with Crippen molar-refractivity contribution in [3.05, 3.63) is 29.8 Å². The molecule has 0 aromatic heterocycles. The minimum Gasteiger partial charge on any atom is -0.356 e. The molecule has 1 aromatic carbocycles. The fourth-order valence-electron chi connectivity index (χ4n) is 4.25. The van der Waals surface area contributed by atoms with Gasteiger partial charge in [0.1, 0.15) is 0 Å². The van der Waals surface area contributed by atoms with Crippen LogP contribution in [0.25, 0.3) is 0 Å². The van der Waals surface area contributed by atoms with Crippen molar-refractivity contribution in [2.75, 3.05) is 26.7 Å². The predicted molar refractivity (Wildman–Crippen MR) is 133 cm³/mol. The second kappa shape index (κ2) is 12.0. The number of carbonyl (C=O) groups is 1. The molecule has 2 fully saturated rings. The Morgan fingerprint density at radius 3 is 2.45 bits per heavy atom. The van der Waals surface area contributed by atoms with Gasteiger partial charge in [-0.2, -0.15) is 0 Å². The summed E-state index contributed by atoms with van der Waals surface area (Å²) in [6.07, 6.45) is 7.33. The molecule has 1 heterocycles. The monoisotopic (exact) mass is 563 g/mol. The fourth-order valence-corrected chi connectivity index (χ4v) is 4.76. The number of primary sulfonamides is 1. The Balaban J connectivity index is 0.00000341. The summed E-state index contributed by atoms with van der Waals surface area (Å²) < 4.78 is 22.6. The molecule has 0 spiro atoms. The van der Waals surface area contributed by atoms with E-state index in [1.54, 1.807) is 19.2 Å². The SMILES string of the molecule is CN=C(NCCc1ccc(S(N)(=O)=O)cc1)NC1CCN(C(=O)C2CCCCC2)C1.I. The average molecular weight is 564 g/mol. The molecule has 3 rings (SSSR count). The number of nitrogens with two attached hydrogens (primary N) is 1. The van der Waals surface area contributed by atoms with Crippen LogP contribution in [0.5, 0.6) is 0 Å². The maximum absolute atomic E-state index is 12.7. The largest absolute Gasteiger partial charge is 0.356 e. The summed E-state index contributed by atoms with van der Waals surface area (Å²) in [6.45, 7) is 2.19. The lowest BCUT2D eigenvalue weighted by molar-refractivity contribution is -0.135. The Morgan fingerprint density at radius 2 is 1.84 bits per heavy atom. The zero-order valence-corrected chi connectivity index (χ0v) is 21.2. The summed E-state index contributed by atoms with van der Waals surface area (Å²) in [6, 6.07) is 6.78. The first kappa shape index (κ1) is 25.9. The first-order chi connectivity index (χ1) is 14.4. The van der Waals surface area contributed by atoms with Gasteiger partial charge in [0, 0.05) is 38.6 Å². The normalized spacial score (nSPS) is 20.3. The molecule has 1 unspecified atom stereocenters. The molecule has 0 radical (unpaired) electrons. The molecule has 0 bridgehead atoms. The summed E-state index contributed by atoms with van der Waals surface area (Å²) >= 11 is 0. The Morgan fingerprint density at radius 1 is 1.16 bits per heavy atom. The van der Waals surface area contributed by atoms with Gasteiger partial charge >= 0.3 is 0 Å². The van der Waals surface area contributed by atoms with Gasteiger partial charge in [-0.1, -0.05) is 31.4 Å². The Labute approximate surface area is 202 Å². The van der Waals surface area contributed by atoms with E-state index in [9.17, 15) is 13.2 Å². The number of rotatable bonds is 6. The highest BCUT2D eigenvalue weighted by Gasteiger charge is 2.31. The molecule has 174 valence electrons. The first-order valence-corrected chi connectivity index (χ1v) is 12.3. The van der Waals surface area contributed by atoms with Crippen molar-refractivity contribution in [1.29, 1.82) is 0 Å². The van der Waals surface area contributed by atoms with Gasteiger partial charge in [-0.25, -0.2) is 13.6 Å². The van der Waals surface area contributed by atoms with Crippen LogP contribution in [0.2, 0.25) is 0 Å². The number of guanidine groups is 1. The quantitative estimate of drug-likeness (QED) is 0.278. The Bertz CT molecular complexity index is 854. The number of hydrogen-bond acceptors (Lipinski definition) is 4. The van der Waals surface area contributed by atoms with E-state index >= 15 is 0 Å². The molecule has 10 heteroatoms. The number of benzene rings is 1. The van der Waals surface area contributed by atoms with E-state index in [1.807, 2.05) is 4.90 Å². The van der Waals surface area contributed by atoms with E-state index in [2.05, 4.69) is 15.6 Å². The lowest BCUT2D eigenvalue weighted by atomic mass is 9.88. The minimum atomic E-state index is -3.66. The zero-order valence-electron chi connectivity index (χ0n) is 18.0. The highest BCUT2D eigenvalue weighted by molar-refractivity contribution is 14.0. The maximum atomic E-state index is 12.7. The molecule has 2 aliphatic rings. The predicted octanol–water partition coefficient (Wildman–Crippen LogP) is 1.84. The van der Waals surface area contributed by atoms with Crippen LogP contribution in [-0.2, 0) is 21.2 Å². The Kier molecular flexibility index (Phi) is 10.0. The van der Waals surface area contributed by atoms with E-state index in [4.69, 9.17) is 5.14 Å². The molecule has 1 aliphatic carbocycles. The molecule has 1 aromatic rings. The van der Waals surface area contributed by atoms with Crippen LogP contribution < -0.4 is 15.8 Å². The van der Waals surface area contributed by atoms with Crippen LogP contribution in [0.4, 0.5) is 0 Å². The molecule has 31 heavy (non-hydrogen) atoms. The van der Waals surface area contributed by atoms with Gasteiger partial charge < -0.3 is 15.5 Å². The van der Waals surface area contributed by atoms with Gasteiger partial charge in [-0.15, -0.1) is 24.0 Å². The van der Waals surface area contributed by atoms with Crippen molar-refractivity contribution in [2.24, 2.45) is 16.0 Å². The number of sulfonamides is 1. The fraction of sp³-hybridized carbons (Fsp3) is 0.619. The van der Waals surface area contributed by atoms with Crippen LogP contribution in [-0.4, -0.2) is 57.9 Å². The number of aliphatic imine (C=N–C) groups is 1. The van der Waals surface area contributed by atoms with Gasteiger partial charge in [0.25, 0.3) is 0 Å². The number of halogens is 1. The maximum Gasteiger partial charge on any atom is 0.238 e. The minimum absolute atomic E-state index is 0. The number of carbonyl (C=O) groups excluding carboxylic acids is 1. The van der Waals surface area contributed by atoms with Crippen LogP contribution >= 0.6 is 24.0 Å². The molecule has 1 aliphatic heterocycles. The highest BCUT2D eigenvalue weighted by Crippen LogP contribution is 2.26. The van der Waals surface area contributed by atoms with E-state index in [1.165, 1.54) is 31.4 Å².